The van der Waals surface area contributed by atoms with Crippen molar-refractivity contribution in [2.45, 2.75) is 77.9 Å². The first kappa shape index (κ1) is 17.9. The largest absolute Gasteiger partial charge is 0.348 e. The molecule has 0 unspecified atom stereocenters. The highest BCUT2D eigenvalue weighted by Gasteiger charge is 2.31. The molecule has 1 aromatic rings. The van der Waals surface area contributed by atoms with Crippen LogP contribution in [0.15, 0.2) is 24.3 Å². The third kappa shape index (κ3) is 4.21. The van der Waals surface area contributed by atoms with E-state index in [9.17, 15) is 0 Å². The van der Waals surface area contributed by atoms with Gasteiger partial charge in [0.2, 0.25) is 0 Å². The second-order valence-corrected chi connectivity index (χ2v) is 8.27. The van der Waals surface area contributed by atoms with Crippen molar-refractivity contribution in [3.63, 3.8) is 0 Å². The van der Waals surface area contributed by atoms with E-state index in [4.69, 9.17) is 9.47 Å². The minimum absolute atomic E-state index is 0.166. The summed E-state index contributed by atoms with van der Waals surface area (Å²) in [5.41, 5.74) is 3.25. The third-order valence-corrected chi connectivity index (χ3v) is 6.27. The van der Waals surface area contributed by atoms with Gasteiger partial charge in [-0.3, -0.25) is 0 Å². The monoisotopic (exact) mass is 330 g/mol. The molecule has 0 aromatic heterocycles. The zero-order chi connectivity index (χ0) is 17.0. The quantitative estimate of drug-likeness (QED) is 0.638. The standard InChI is InChI=1S/C22H34O2/c1-4-12-22(3)13-10-19(11-14-22)18-6-8-20(9-7-18)21-23-15-17(5-2)16-24-21/h6-9,17,19,21H,4-5,10-16H2,1-3H3. The van der Waals surface area contributed by atoms with Gasteiger partial charge in [-0.05, 0) is 55.4 Å². The van der Waals surface area contributed by atoms with Crippen LogP contribution in [-0.4, -0.2) is 13.2 Å². The van der Waals surface area contributed by atoms with Crippen LogP contribution in [0.3, 0.4) is 0 Å². The third-order valence-electron chi connectivity index (χ3n) is 6.27. The summed E-state index contributed by atoms with van der Waals surface area (Å²) in [6, 6.07) is 9.04. The normalized spacial score (nSPS) is 34.2. The Morgan fingerprint density at radius 2 is 1.54 bits per heavy atom. The maximum atomic E-state index is 5.88. The molecule has 1 aliphatic heterocycles. The Morgan fingerprint density at radius 3 is 2.08 bits per heavy atom. The smallest absolute Gasteiger partial charge is 0.183 e. The summed E-state index contributed by atoms with van der Waals surface area (Å²) >= 11 is 0. The van der Waals surface area contributed by atoms with E-state index in [1.54, 1.807) is 0 Å². The van der Waals surface area contributed by atoms with Crippen LogP contribution in [0.25, 0.3) is 0 Å². The van der Waals surface area contributed by atoms with Crippen LogP contribution < -0.4 is 0 Å². The van der Waals surface area contributed by atoms with Crippen LogP contribution in [-0.2, 0) is 9.47 Å². The molecule has 1 heterocycles. The lowest BCUT2D eigenvalue weighted by Crippen LogP contribution is -2.26. The van der Waals surface area contributed by atoms with E-state index in [1.807, 2.05) is 0 Å². The van der Waals surface area contributed by atoms with Crippen LogP contribution >= 0.6 is 0 Å². The molecular formula is C22H34O2. The van der Waals surface area contributed by atoms with Gasteiger partial charge in [-0.25, -0.2) is 0 Å². The second kappa shape index (κ2) is 8.01. The van der Waals surface area contributed by atoms with E-state index in [0.29, 0.717) is 11.3 Å². The first-order chi connectivity index (χ1) is 11.6. The molecule has 2 aliphatic rings. The Balaban J connectivity index is 1.56. The molecule has 0 spiro atoms. The average Bonchev–Trinajstić information content (AvgIpc) is 2.63. The van der Waals surface area contributed by atoms with Crippen molar-refractivity contribution < 1.29 is 9.47 Å². The maximum Gasteiger partial charge on any atom is 0.183 e. The molecule has 2 heteroatoms. The molecule has 0 N–H and O–H groups in total. The van der Waals surface area contributed by atoms with Crippen molar-refractivity contribution >= 4 is 0 Å². The Kier molecular flexibility index (Phi) is 5.99. The van der Waals surface area contributed by atoms with E-state index in [2.05, 4.69) is 45.0 Å². The zero-order valence-electron chi connectivity index (χ0n) is 15.7. The van der Waals surface area contributed by atoms with Gasteiger partial charge in [0.1, 0.15) is 0 Å². The molecule has 1 saturated heterocycles. The Hall–Kier alpha value is -0.860. The SMILES string of the molecule is CCCC1(C)CCC(c2ccc(C3OCC(CC)CO3)cc2)CC1. The lowest BCUT2D eigenvalue weighted by Gasteiger charge is -2.37. The topological polar surface area (TPSA) is 18.5 Å². The molecule has 24 heavy (non-hydrogen) atoms. The number of hydrogen-bond acceptors (Lipinski definition) is 2. The van der Waals surface area contributed by atoms with Gasteiger partial charge in [-0.1, -0.05) is 51.5 Å². The van der Waals surface area contributed by atoms with Crippen molar-refractivity contribution in [3.8, 4) is 0 Å². The van der Waals surface area contributed by atoms with Gasteiger partial charge in [-0.2, -0.15) is 0 Å². The molecule has 0 radical (unpaired) electrons. The summed E-state index contributed by atoms with van der Waals surface area (Å²) in [4.78, 5) is 0. The van der Waals surface area contributed by atoms with Gasteiger partial charge in [0, 0.05) is 11.5 Å². The fourth-order valence-electron chi connectivity index (χ4n) is 4.40. The van der Waals surface area contributed by atoms with Gasteiger partial charge in [-0.15, -0.1) is 0 Å². The average molecular weight is 331 g/mol. The number of rotatable bonds is 5. The molecule has 0 atom stereocenters. The summed E-state index contributed by atoms with van der Waals surface area (Å²) in [6.45, 7) is 8.64. The highest BCUT2D eigenvalue weighted by atomic mass is 16.7. The summed E-state index contributed by atoms with van der Waals surface area (Å²) in [5.74, 6) is 1.29. The van der Waals surface area contributed by atoms with Gasteiger partial charge >= 0.3 is 0 Å². The molecule has 0 bridgehead atoms. The summed E-state index contributed by atoms with van der Waals surface area (Å²) in [7, 11) is 0. The van der Waals surface area contributed by atoms with Crippen LogP contribution in [0.4, 0.5) is 0 Å². The summed E-state index contributed by atoms with van der Waals surface area (Å²) in [6.07, 6.45) is 9.09. The predicted molar refractivity (Wildman–Crippen MR) is 99.1 cm³/mol. The van der Waals surface area contributed by atoms with Crippen LogP contribution in [0.1, 0.15) is 89.1 Å². The van der Waals surface area contributed by atoms with Gasteiger partial charge in [0.05, 0.1) is 13.2 Å². The van der Waals surface area contributed by atoms with Crippen molar-refractivity contribution in [2.24, 2.45) is 11.3 Å². The van der Waals surface area contributed by atoms with Crippen LogP contribution in [0.2, 0.25) is 0 Å². The summed E-state index contributed by atoms with van der Waals surface area (Å²) < 4.78 is 11.8. The molecule has 1 aromatic carbocycles. The van der Waals surface area contributed by atoms with Crippen molar-refractivity contribution in [2.75, 3.05) is 13.2 Å². The molecule has 3 rings (SSSR count). The Bertz CT molecular complexity index is 491. The Morgan fingerprint density at radius 1 is 0.958 bits per heavy atom. The lowest BCUT2D eigenvalue weighted by molar-refractivity contribution is -0.205. The van der Waals surface area contributed by atoms with Crippen molar-refractivity contribution in [1.29, 1.82) is 0 Å². The molecule has 134 valence electrons. The predicted octanol–water partition coefficient (Wildman–Crippen LogP) is 6.22. The molecule has 2 nitrogen and oxygen atoms in total. The number of benzene rings is 1. The van der Waals surface area contributed by atoms with Gasteiger partial charge < -0.3 is 9.47 Å². The maximum absolute atomic E-state index is 5.88. The fourth-order valence-corrected chi connectivity index (χ4v) is 4.40. The summed E-state index contributed by atoms with van der Waals surface area (Å²) in [5, 5.41) is 0. The minimum atomic E-state index is -0.166. The highest BCUT2D eigenvalue weighted by molar-refractivity contribution is 5.26. The van der Waals surface area contributed by atoms with Crippen LogP contribution in [0, 0.1) is 11.3 Å². The van der Waals surface area contributed by atoms with E-state index in [0.717, 1.165) is 25.6 Å². The van der Waals surface area contributed by atoms with Gasteiger partial charge in [0.25, 0.3) is 0 Å². The number of ether oxygens (including phenoxy) is 2. The van der Waals surface area contributed by atoms with Crippen molar-refractivity contribution in [3.05, 3.63) is 35.4 Å². The molecule has 0 amide bonds. The molecular weight excluding hydrogens is 296 g/mol. The molecule has 1 saturated carbocycles. The number of hydrogen-bond donors (Lipinski definition) is 0. The minimum Gasteiger partial charge on any atom is -0.348 e. The lowest BCUT2D eigenvalue weighted by atomic mass is 9.68. The van der Waals surface area contributed by atoms with Crippen molar-refractivity contribution in [1.82, 2.24) is 0 Å². The Labute approximate surface area is 147 Å². The second-order valence-electron chi connectivity index (χ2n) is 8.27. The zero-order valence-corrected chi connectivity index (χ0v) is 15.7. The highest BCUT2D eigenvalue weighted by Crippen LogP contribution is 2.45. The van der Waals surface area contributed by atoms with E-state index >= 15 is 0 Å². The van der Waals surface area contributed by atoms with E-state index in [-0.39, 0.29) is 6.29 Å². The van der Waals surface area contributed by atoms with E-state index in [1.165, 1.54) is 49.7 Å². The molecule has 2 fully saturated rings. The van der Waals surface area contributed by atoms with Gasteiger partial charge in [0.15, 0.2) is 6.29 Å². The van der Waals surface area contributed by atoms with E-state index < -0.39 is 0 Å². The fraction of sp³-hybridized carbons (Fsp3) is 0.727. The van der Waals surface area contributed by atoms with Crippen LogP contribution in [0.5, 0.6) is 0 Å². The first-order valence-corrected chi connectivity index (χ1v) is 9.96. The molecule has 1 aliphatic carbocycles. The first-order valence-electron chi connectivity index (χ1n) is 9.96.